The molecule has 2 aromatic rings. The van der Waals surface area contributed by atoms with Crippen molar-refractivity contribution in [3.05, 3.63) is 45.7 Å². The summed E-state index contributed by atoms with van der Waals surface area (Å²) in [6.45, 7) is 0. The number of halogens is 1. The van der Waals surface area contributed by atoms with Gasteiger partial charge in [0.25, 0.3) is 0 Å². The first kappa shape index (κ1) is 12.3. The molecule has 1 heterocycles. The molecular formula is C13H11BrO2S. The maximum absolute atomic E-state index is 11.2. The lowest BCUT2D eigenvalue weighted by Crippen LogP contribution is -2.03. The van der Waals surface area contributed by atoms with E-state index in [0.29, 0.717) is 6.42 Å². The van der Waals surface area contributed by atoms with Crippen LogP contribution in [0.1, 0.15) is 5.56 Å². The summed E-state index contributed by atoms with van der Waals surface area (Å²) in [4.78, 5) is 12.3. The molecule has 2 rings (SSSR count). The molecule has 0 unspecified atom stereocenters. The molecule has 1 aromatic carbocycles. The van der Waals surface area contributed by atoms with Crippen LogP contribution in [0.2, 0.25) is 0 Å². The highest BCUT2D eigenvalue weighted by atomic mass is 79.9. The summed E-state index contributed by atoms with van der Waals surface area (Å²) in [7, 11) is 1.41. The highest BCUT2D eigenvalue weighted by molar-refractivity contribution is 9.10. The SMILES string of the molecule is COC(=O)Cc1csc(-c2cccc(Br)c2)c1. The van der Waals surface area contributed by atoms with Gasteiger partial charge in [-0.05, 0) is 34.7 Å². The summed E-state index contributed by atoms with van der Waals surface area (Å²) in [5, 5.41) is 1.99. The number of carbonyl (C=O) groups is 1. The predicted octanol–water partition coefficient (Wildman–Crippen LogP) is 3.89. The van der Waals surface area contributed by atoms with Crippen LogP contribution in [0.25, 0.3) is 10.4 Å². The van der Waals surface area contributed by atoms with E-state index >= 15 is 0 Å². The number of hydrogen-bond donors (Lipinski definition) is 0. The van der Waals surface area contributed by atoms with Gasteiger partial charge in [-0.3, -0.25) is 4.79 Å². The molecule has 2 nitrogen and oxygen atoms in total. The molecular weight excluding hydrogens is 300 g/mol. The molecule has 0 bridgehead atoms. The average Bonchev–Trinajstić information content (AvgIpc) is 2.77. The van der Waals surface area contributed by atoms with E-state index in [1.54, 1.807) is 11.3 Å². The van der Waals surface area contributed by atoms with Crippen molar-refractivity contribution in [1.29, 1.82) is 0 Å². The van der Waals surface area contributed by atoms with Crippen molar-refractivity contribution in [2.24, 2.45) is 0 Å². The van der Waals surface area contributed by atoms with Gasteiger partial charge in [-0.25, -0.2) is 0 Å². The van der Waals surface area contributed by atoms with Gasteiger partial charge in [0.1, 0.15) is 0 Å². The number of methoxy groups -OCH3 is 1. The van der Waals surface area contributed by atoms with E-state index in [1.807, 2.05) is 23.6 Å². The van der Waals surface area contributed by atoms with Crippen molar-refractivity contribution in [1.82, 2.24) is 0 Å². The summed E-state index contributed by atoms with van der Waals surface area (Å²) in [5.74, 6) is -0.205. The van der Waals surface area contributed by atoms with E-state index in [9.17, 15) is 4.79 Å². The lowest BCUT2D eigenvalue weighted by molar-refractivity contribution is -0.139. The van der Waals surface area contributed by atoms with Crippen LogP contribution < -0.4 is 0 Å². The summed E-state index contributed by atoms with van der Waals surface area (Å²) in [6.07, 6.45) is 0.334. The molecule has 0 aliphatic rings. The predicted molar refractivity (Wildman–Crippen MR) is 73.2 cm³/mol. The van der Waals surface area contributed by atoms with Crippen LogP contribution in [-0.4, -0.2) is 13.1 Å². The van der Waals surface area contributed by atoms with Crippen LogP contribution in [0, 0.1) is 0 Å². The summed E-state index contributed by atoms with van der Waals surface area (Å²) in [5.41, 5.74) is 2.15. The standard InChI is InChI=1S/C13H11BrO2S/c1-16-13(15)6-9-5-12(17-8-9)10-3-2-4-11(14)7-10/h2-5,7-8H,6H2,1H3. The number of hydrogen-bond acceptors (Lipinski definition) is 3. The van der Waals surface area contributed by atoms with Gasteiger partial charge in [0.15, 0.2) is 0 Å². The maximum Gasteiger partial charge on any atom is 0.310 e. The van der Waals surface area contributed by atoms with Crippen LogP contribution in [0.5, 0.6) is 0 Å². The van der Waals surface area contributed by atoms with Crippen LogP contribution in [0.15, 0.2) is 40.2 Å². The van der Waals surface area contributed by atoms with Gasteiger partial charge in [0.2, 0.25) is 0 Å². The zero-order chi connectivity index (χ0) is 12.3. The molecule has 0 radical (unpaired) electrons. The Bertz CT molecular complexity index is 534. The van der Waals surface area contributed by atoms with E-state index in [-0.39, 0.29) is 5.97 Å². The first-order valence-corrected chi connectivity index (χ1v) is 6.76. The fourth-order valence-electron chi connectivity index (χ4n) is 1.50. The average molecular weight is 311 g/mol. The van der Waals surface area contributed by atoms with Crippen LogP contribution in [0.4, 0.5) is 0 Å². The Morgan fingerprint density at radius 3 is 2.94 bits per heavy atom. The molecule has 0 atom stereocenters. The van der Waals surface area contributed by atoms with E-state index < -0.39 is 0 Å². The molecule has 0 aliphatic heterocycles. The van der Waals surface area contributed by atoms with Gasteiger partial charge in [0.05, 0.1) is 13.5 Å². The lowest BCUT2D eigenvalue weighted by atomic mass is 10.1. The number of esters is 1. The van der Waals surface area contributed by atoms with Crippen LogP contribution >= 0.6 is 27.3 Å². The molecule has 0 fully saturated rings. The molecule has 4 heteroatoms. The second-order valence-electron chi connectivity index (χ2n) is 3.58. The topological polar surface area (TPSA) is 26.3 Å². The van der Waals surface area contributed by atoms with E-state index in [1.165, 1.54) is 7.11 Å². The summed E-state index contributed by atoms with van der Waals surface area (Å²) in [6, 6.07) is 10.1. The molecule has 17 heavy (non-hydrogen) atoms. The molecule has 88 valence electrons. The van der Waals surface area contributed by atoms with Crippen molar-refractivity contribution in [3.63, 3.8) is 0 Å². The minimum Gasteiger partial charge on any atom is -0.469 e. The largest absolute Gasteiger partial charge is 0.469 e. The molecule has 0 amide bonds. The van der Waals surface area contributed by atoms with E-state index in [4.69, 9.17) is 0 Å². The van der Waals surface area contributed by atoms with Gasteiger partial charge >= 0.3 is 5.97 Å². The Morgan fingerprint density at radius 2 is 2.24 bits per heavy atom. The molecule has 0 saturated heterocycles. The molecule has 0 aliphatic carbocycles. The number of carbonyl (C=O) groups excluding carboxylic acids is 1. The molecule has 1 aromatic heterocycles. The van der Waals surface area contributed by atoms with Crippen LogP contribution in [-0.2, 0) is 16.0 Å². The fourth-order valence-corrected chi connectivity index (χ4v) is 2.81. The summed E-state index contributed by atoms with van der Waals surface area (Å²) >= 11 is 5.08. The van der Waals surface area contributed by atoms with Crippen molar-refractivity contribution in [3.8, 4) is 10.4 Å². The Hall–Kier alpha value is -1.13. The van der Waals surface area contributed by atoms with Gasteiger partial charge in [-0.15, -0.1) is 11.3 Å². The van der Waals surface area contributed by atoms with E-state index in [2.05, 4.69) is 32.8 Å². The number of benzene rings is 1. The van der Waals surface area contributed by atoms with Gasteiger partial charge in [0, 0.05) is 9.35 Å². The Morgan fingerprint density at radius 1 is 1.41 bits per heavy atom. The third-order valence-electron chi connectivity index (χ3n) is 2.34. The van der Waals surface area contributed by atoms with Crippen molar-refractivity contribution < 1.29 is 9.53 Å². The smallest absolute Gasteiger partial charge is 0.310 e. The van der Waals surface area contributed by atoms with Crippen molar-refractivity contribution in [2.45, 2.75) is 6.42 Å². The Labute approximate surface area is 112 Å². The van der Waals surface area contributed by atoms with Gasteiger partial charge < -0.3 is 4.74 Å². The minimum absolute atomic E-state index is 0.205. The first-order valence-electron chi connectivity index (χ1n) is 5.09. The highest BCUT2D eigenvalue weighted by Crippen LogP contribution is 2.29. The monoisotopic (exact) mass is 310 g/mol. The molecule has 0 N–H and O–H groups in total. The minimum atomic E-state index is -0.205. The van der Waals surface area contributed by atoms with Gasteiger partial charge in [-0.1, -0.05) is 28.1 Å². The highest BCUT2D eigenvalue weighted by Gasteiger charge is 2.07. The lowest BCUT2D eigenvalue weighted by Gasteiger charge is -1.97. The zero-order valence-electron chi connectivity index (χ0n) is 9.27. The fraction of sp³-hybridized carbons (Fsp3) is 0.154. The Balaban J connectivity index is 2.21. The second kappa shape index (κ2) is 5.47. The third kappa shape index (κ3) is 3.17. The summed E-state index contributed by atoms with van der Waals surface area (Å²) < 4.78 is 5.70. The van der Waals surface area contributed by atoms with E-state index in [0.717, 1.165) is 20.5 Å². The first-order chi connectivity index (χ1) is 8.19. The quantitative estimate of drug-likeness (QED) is 0.804. The Kier molecular flexibility index (Phi) is 3.97. The zero-order valence-corrected chi connectivity index (χ0v) is 11.7. The molecule has 0 spiro atoms. The number of rotatable bonds is 3. The third-order valence-corrected chi connectivity index (χ3v) is 3.86. The molecule has 0 saturated carbocycles. The second-order valence-corrected chi connectivity index (χ2v) is 5.41. The normalized spacial score (nSPS) is 10.2. The maximum atomic E-state index is 11.2. The van der Waals surface area contributed by atoms with Crippen molar-refractivity contribution >= 4 is 33.2 Å². The van der Waals surface area contributed by atoms with Gasteiger partial charge in [-0.2, -0.15) is 0 Å². The van der Waals surface area contributed by atoms with Crippen LogP contribution in [0.3, 0.4) is 0 Å². The number of ether oxygens (including phenoxy) is 1. The van der Waals surface area contributed by atoms with Crippen molar-refractivity contribution in [2.75, 3.05) is 7.11 Å². The number of thiophene rings is 1.